The third kappa shape index (κ3) is 4.63. The zero-order chi connectivity index (χ0) is 24.6. The predicted octanol–water partition coefficient (Wildman–Crippen LogP) is 5.63. The second-order valence-corrected chi connectivity index (χ2v) is 8.60. The van der Waals surface area contributed by atoms with E-state index < -0.39 is 29.8 Å². The number of benzene rings is 3. The molecule has 3 amide bonds. The number of hydrogen-bond donors (Lipinski definition) is 1. The number of esters is 1. The number of rotatable bonds is 5. The molecule has 172 valence electrons. The van der Waals surface area contributed by atoms with Crippen molar-refractivity contribution in [2.45, 2.75) is 13.0 Å². The molecule has 0 aliphatic carbocycles. The second kappa shape index (κ2) is 9.46. The molecule has 1 aliphatic heterocycles. The molecular weight excluding hydrogens is 503 g/mol. The van der Waals surface area contributed by atoms with E-state index in [1.54, 1.807) is 24.3 Å². The van der Waals surface area contributed by atoms with Gasteiger partial charge >= 0.3 is 5.97 Å². The van der Waals surface area contributed by atoms with Gasteiger partial charge in [-0.2, -0.15) is 0 Å². The Morgan fingerprint density at radius 1 is 0.882 bits per heavy atom. The van der Waals surface area contributed by atoms with Crippen LogP contribution in [-0.2, 0) is 9.53 Å². The minimum Gasteiger partial charge on any atom is -0.449 e. The molecule has 7 nitrogen and oxygen atoms in total. The summed E-state index contributed by atoms with van der Waals surface area (Å²) in [4.78, 5) is 51.7. The van der Waals surface area contributed by atoms with E-state index in [0.29, 0.717) is 10.7 Å². The minimum atomic E-state index is -1.13. The van der Waals surface area contributed by atoms with Crippen molar-refractivity contribution in [1.82, 2.24) is 0 Å². The normalized spacial score (nSPS) is 13.5. The van der Waals surface area contributed by atoms with Gasteiger partial charge in [0, 0.05) is 10.7 Å². The molecule has 1 N–H and O–H groups in total. The molecule has 1 unspecified atom stereocenters. The summed E-state index contributed by atoms with van der Waals surface area (Å²) in [5, 5.41) is 3.50. The SMILES string of the molecule is CC(OC(=O)c1ccc2c(c1)C(=O)N(c1ccc(Cl)c(Cl)c1)C2=O)C(=O)Nc1cccc(Cl)c1. The average Bonchev–Trinajstić information content (AvgIpc) is 3.05. The summed E-state index contributed by atoms with van der Waals surface area (Å²) >= 11 is 17.8. The summed E-state index contributed by atoms with van der Waals surface area (Å²) in [5.41, 5.74) is 0.861. The van der Waals surface area contributed by atoms with Gasteiger partial charge < -0.3 is 10.1 Å². The molecule has 10 heteroatoms. The van der Waals surface area contributed by atoms with Gasteiger partial charge in [0.2, 0.25) is 0 Å². The Labute approximate surface area is 209 Å². The molecule has 0 saturated carbocycles. The minimum absolute atomic E-state index is 0.0123. The number of halogens is 3. The van der Waals surface area contributed by atoms with E-state index in [1.807, 2.05) is 0 Å². The highest BCUT2D eigenvalue weighted by Gasteiger charge is 2.37. The van der Waals surface area contributed by atoms with Gasteiger partial charge in [0.25, 0.3) is 17.7 Å². The average molecular weight is 518 g/mol. The Hall–Kier alpha value is -3.39. The van der Waals surface area contributed by atoms with E-state index in [1.165, 1.54) is 43.3 Å². The van der Waals surface area contributed by atoms with Gasteiger partial charge in [-0.15, -0.1) is 0 Å². The van der Waals surface area contributed by atoms with Crippen LogP contribution in [0.1, 0.15) is 38.0 Å². The molecule has 0 bridgehead atoms. The van der Waals surface area contributed by atoms with E-state index in [4.69, 9.17) is 39.5 Å². The molecule has 1 heterocycles. The highest BCUT2D eigenvalue weighted by molar-refractivity contribution is 6.42. The maximum Gasteiger partial charge on any atom is 0.338 e. The third-order valence-electron chi connectivity index (χ3n) is 5.03. The fourth-order valence-corrected chi connectivity index (χ4v) is 3.80. The van der Waals surface area contributed by atoms with Gasteiger partial charge in [-0.05, 0) is 61.5 Å². The van der Waals surface area contributed by atoms with Crippen molar-refractivity contribution in [2.75, 3.05) is 10.2 Å². The van der Waals surface area contributed by atoms with Gasteiger partial charge in [-0.1, -0.05) is 40.9 Å². The van der Waals surface area contributed by atoms with Crippen LogP contribution >= 0.6 is 34.8 Å². The van der Waals surface area contributed by atoms with Crippen molar-refractivity contribution in [3.8, 4) is 0 Å². The number of imide groups is 1. The number of amides is 3. The lowest BCUT2D eigenvalue weighted by Gasteiger charge is -2.14. The Morgan fingerprint density at radius 2 is 1.62 bits per heavy atom. The zero-order valence-corrected chi connectivity index (χ0v) is 19.7. The van der Waals surface area contributed by atoms with Crippen molar-refractivity contribution in [3.05, 3.63) is 92.4 Å². The number of nitrogens with zero attached hydrogens (tertiary/aromatic N) is 1. The van der Waals surface area contributed by atoms with Crippen LogP contribution in [0.25, 0.3) is 0 Å². The number of ether oxygens (including phenoxy) is 1. The molecule has 0 radical (unpaired) electrons. The summed E-state index contributed by atoms with van der Waals surface area (Å²) in [7, 11) is 0. The van der Waals surface area contributed by atoms with Crippen LogP contribution in [0.3, 0.4) is 0 Å². The van der Waals surface area contributed by atoms with Crippen LogP contribution in [0.2, 0.25) is 15.1 Å². The first kappa shape index (κ1) is 23.8. The highest BCUT2D eigenvalue weighted by atomic mass is 35.5. The van der Waals surface area contributed by atoms with Crippen LogP contribution in [-0.4, -0.2) is 29.8 Å². The first-order chi connectivity index (χ1) is 16.2. The zero-order valence-electron chi connectivity index (χ0n) is 17.5. The quantitative estimate of drug-likeness (QED) is 0.350. The van der Waals surface area contributed by atoms with Crippen molar-refractivity contribution >= 4 is 69.9 Å². The van der Waals surface area contributed by atoms with Crippen LogP contribution in [0.15, 0.2) is 60.7 Å². The number of hydrogen-bond acceptors (Lipinski definition) is 5. The molecular formula is C24H15Cl3N2O5. The highest BCUT2D eigenvalue weighted by Crippen LogP contribution is 2.33. The first-order valence-electron chi connectivity index (χ1n) is 9.91. The summed E-state index contributed by atoms with van der Waals surface area (Å²) < 4.78 is 5.24. The van der Waals surface area contributed by atoms with Gasteiger partial charge in [-0.25, -0.2) is 9.69 Å². The monoisotopic (exact) mass is 516 g/mol. The molecule has 0 fully saturated rings. The molecule has 0 spiro atoms. The van der Waals surface area contributed by atoms with Crippen molar-refractivity contribution in [3.63, 3.8) is 0 Å². The third-order valence-corrected chi connectivity index (χ3v) is 6.00. The summed E-state index contributed by atoms with van der Waals surface area (Å²) in [6.07, 6.45) is -1.13. The van der Waals surface area contributed by atoms with Gasteiger partial charge in [0.15, 0.2) is 6.10 Å². The number of carbonyl (C=O) groups is 4. The fraction of sp³-hybridized carbons (Fsp3) is 0.0833. The Kier molecular flexibility index (Phi) is 6.61. The molecule has 0 aromatic heterocycles. The van der Waals surface area contributed by atoms with Crippen LogP contribution in [0.5, 0.6) is 0 Å². The Bertz CT molecular complexity index is 1360. The van der Waals surface area contributed by atoms with E-state index in [-0.39, 0.29) is 32.4 Å². The largest absolute Gasteiger partial charge is 0.449 e. The topological polar surface area (TPSA) is 92.8 Å². The van der Waals surface area contributed by atoms with E-state index in [9.17, 15) is 19.2 Å². The van der Waals surface area contributed by atoms with Crippen LogP contribution in [0.4, 0.5) is 11.4 Å². The molecule has 1 aliphatic rings. The lowest BCUT2D eigenvalue weighted by Crippen LogP contribution is -2.30. The van der Waals surface area contributed by atoms with Crippen molar-refractivity contribution in [1.29, 1.82) is 0 Å². The number of fused-ring (bicyclic) bond motifs is 1. The van der Waals surface area contributed by atoms with Gasteiger partial charge in [-0.3, -0.25) is 14.4 Å². The van der Waals surface area contributed by atoms with Crippen molar-refractivity contribution < 1.29 is 23.9 Å². The van der Waals surface area contributed by atoms with Gasteiger partial charge in [0.05, 0.1) is 32.4 Å². The molecule has 0 saturated heterocycles. The number of carbonyl (C=O) groups excluding carboxylic acids is 4. The Morgan fingerprint density at radius 3 is 2.32 bits per heavy atom. The summed E-state index contributed by atoms with van der Waals surface area (Å²) in [6.45, 7) is 1.41. The lowest BCUT2D eigenvalue weighted by molar-refractivity contribution is -0.123. The maximum absolute atomic E-state index is 12.9. The lowest BCUT2D eigenvalue weighted by atomic mass is 10.1. The predicted molar refractivity (Wildman–Crippen MR) is 129 cm³/mol. The first-order valence-corrected chi connectivity index (χ1v) is 11.0. The van der Waals surface area contributed by atoms with Crippen molar-refractivity contribution in [2.24, 2.45) is 0 Å². The molecule has 3 aromatic carbocycles. The molecule has 34 heavy (non-hydrogen) atoms. The number of anilines is 2. The van der Waals surface area contributed by atoms with Gasteiger partial charge in [0.1, 0.15) is 0 Å². The Balaban J connectivity index is 1.50. The van der Waals surface area contributed by atoms with Crippen LogP contribution < -0.4 is 10.2 Å². The number of nitrogens with one attached hydrogen (secondary N) is 1. The second-order valence-electron chi connectivity index (χ2n) is 7.35. The molecule has 3 aromatic rings. The standard InChI is InChI=1S/C24H15Cl3N2O5/c1-12(21(30)28-15-4-2-3-14(25)10-15)34-24(33)13-5-7-17-18(9-13)23(32)29(22(17)31)16-6-8-19(26)20(27)11-16/h2-12H,1H3,(H,28,30). The van der Waals surface area contributed by atoms with E-state index in [2.05, 4.69) is 5.32 Å². The summed E-state index contributed by atoms with van der Waals surface area (Å²) in [5.74, 6) is -2.58. The summed E-state index contributed by atoms with van der Waals surface area (Å²) in [6, 6.07) is 14.9. The van der Waals surface area contributed by atoms with E-state index >= 15 is 0 Å². The maximum atomic E-state index is 12.9. The molecule has 1 atom stereocenters. The van der Waals surface area contributed by atoms with E-state index in [0.717, 1.165) is 4.90 Å². The molecule has 4 rings (SSSR count). The smallest absolute Gasteiger partial charge is 0.338 e. The fourth-order valence-electron chi connectivity index (χ4n) is 3.32. The van der Waals surface area contributed by atoms with Crippen LogP contribution in [0, 0.1) is 0 Å².